The molecule has 4 atom stereocenters. The number of nitrogens with two attached hydrogens (primary N) is 1. The lowest BCUT2D eigenvalue weighted by molar-refractivity contribution is -0.166. The van der Waals surface area contributed by atoms with E-state index in [1.54, 1.807) is 4.57 Å². The van der Waals surface area contributed by atoms with Gasteiger partial charge in [0, 0.05) is 26.8 Å². The number of nitrogens with one attached hydrogen (secondary N) is 1. The number of nitrogens with zero attached hydrogens (tertiary/aromatic N) is 4. The predicted molar refractivity (Wildman–Crippen MR) is 121 cm³/mol. The topological polar surface area (TPSA) is 170 Å². The first kappa shape index (κ1) is 24.8. The maximum atomic E-state index is 11.9. The Balaban J connectivity index is 1.74. The number of ether oxygens (including phenoxy) is 4. The first-order chi connectivity index (χ1) is 16.8. The summed E-state index contributed by atoms with van der Waals surface area (Å²) in [5.74, 6) is -0.765. The van der Waals surface area contributed by atoms with Gasteiger partial charge in [-0.1, -0.05) is 12.8 Å². The molecule has 1 aliphatic carbocycles. The van der Waals surface area contributed by atoms with Gasteiger partial charge in [-0.05, 0) is 12.8 Å². The van der Waals surface area contributed by atoms with Gasteiger partial charge in [-0.2, -0.15) is 0 Å². The summed E-state index contributed by atoms with van der Waals surface area (Å²) in [7, 11) is 0. The van der Waals surface area contributed by atoms with Gasteiger partial charge in [-0.3, -0.25) is 19.0 Å². The van der Waals surface area contributed by atoms with Crippen molar-refractivity contribution in [1.29, 1.82) is 0 Å². The summed E-state index contributed by atoms with van der Waals surface area (Å²) in [6.45, 7) is 3.63. The summed E-state index contributed by atoms with van der Waals surface area (Å²) < 4.78 is 23.8. The SMILES string of the molecule is CC(=O)OCC1OC(n2cnc3c(NC4CCCC4)nc(CN)nc32)C(OC(C)=O)C1OC(C)=O. The zero-order valence-electron chi connectivity index (χ0n) is 19.9. The Morgan fingerprint density at radius 3 is 2.40 bits per heavy atom. The van der Waals surface area contributed by atoms with E-state index in [4.69, 9.17) is 24.7 Å². The van der Waals surface area contributed by atoms with E-state index in [0.717, 1.165) is 25.7 Å². The molecule has 2 aliphatic rings. The molecular weight excluding hydrogens is 460 g/mol. The number of anilines is 1. The van der Waals surface area contributed by atoms with Crippen molar-refractivity contribution in [2.75, 3.05) is 11.9 Å². The first-order valence-corrected chi connectivity index (χ1v) is 11.6. The molecule has 1 aliphatic heterocycles. The van der Waals surface area contributed by atoms with Crippen LogP contribution in [0.3, 0.4) is 0 Å². The molecular formula is C22H30N6O7. The molecule has 4 rings (SSSR count). The molecule has 13 nitrogen and oxygen atoms in total. The lowest BCUT2D eigenvalue weighted by Gasteiger charge is -2.23. The third-order valence-corrected chi connectivity index (χ3v) is 5.96. The average Bonchev–Trinajstić information content (AvgIpc) is 3.52. The number of fused-ring (bicyclic) bond motifs is 1. The fraction of sp³-hybridized carbons (Fsp3) is 0.636. The molecule has 1 saturated carbocycles. The highest BCUT2D eigenvalue weighted by molar-refractivity contribution is 5.83. The van der Waals surface area contributed by atoms with Gasteiger partial charge in [0.2, 0.25) is 0 Å². The van der Waals surface area contributed by atoms with Gasteiger partial charge >= 0.3 is 17.9 Å². The van der Waals surface area contributed by atoms with Crippen molar-refractivity contribution in [2.24, 2.45) is 5.73 Å². The first-order valence-electron chi connectivity index (χ1n) is 11.6. The minimum Gasteiger partial charge on any atom is -0.463 e. The fourth-order valence-electron chi connectivity index (χ4n) is 4.52. The van der Waals surface area contributed by atoms with Gasteiger partial charge in [0.15, 0.2) is 35.4 Å². The van der Waals surface area contributed by atoms with Crippen LogP contribution in [-0.4, -0.2) is 68.4 Å². The molecule has 13 heteroatoms. The van der Waals surface area contributed by atoms with E-state index >= 15 is 0 Å². The van der Waals surface area contributed by atoms with Crippen molar-refractivity contribution >= 4 is 34.9 Å². The highest BCUT2D eigenvalue weighted by atomic mass is 16.7. The number of rotatable bonds is 8. The summed E-state index contributed by atoms with van der Waals surface area (Å²) in [5.41, 5.74) is 6.78. The summed E-state index contributed by atoms with van der Waals surface area (Å²) in [6.07, 6.45) is 1.94. The van der Waals surface area contributed by atoms with E-state index in [1.807, 2.05) is 0 Å². The largest absolute Gasteiger partial charge is 0.463 e. The van der Waals surface area contributed by atoms with Crippen LogP contribution in [0.5, 0.6) is 0 Å². The number of aromatic nitrogens is 4. The number of esters is 3. The summed E-state index contributed by atoms with van der Waals surface area (Å²) in [6, 6.07) is 0.279. The number of carbonyl (C=O) groups is 3. The molecule has 1 saturated heterocycles. The van der Waals surface area contributed by atoms with Gasteiger partial charge in [0.05, 0.1) is 12.9 Å². The minimum absolute atomic E-state index is 0.102. The maximum Gasteiger partial charge on any atom is 0.303 e. The van der Waals surface area contributed by atoms with E-state index in [1.165, 1.54) is 27.1 Å². The van der Waals surface area contributed by atoms with Crippen LogP contribution >= 0.6 is 0 Å². The van der Waals surface area contributed by atoms with Gasteiger partial charge < -0.3 is 30.0 Å². The Bertz CT molecular complexity index is 1100. The molecule has 2 aromatic rings. The van der Waals surface area contributed by atoms with Crippen LogP contribution in [0.15, 0.2) is 6.33 Å². The lowest BCUT2D eigenvalue weighted by Crippen LogP contribution is -2.40. The highest BCUT2D eigenvalue weighted by Crippen LogP contribution is 2.37. The number of imidazole rings is 1. The van der Waals surface area contributed by atoms with Crippen LogP contribution in [0.2, 0.25) is 0 Å². The summed E-state index contributed by atoms with van der Waals surface area (Å²) >= 11 is 0. The predicted octanol–water partition coefficient (Wildman–Crippen LogP) is 0.963. The molecule has 2 aromatic heterocycles. The van der Waals surface area contributed by atoms with Crippen molar-refractivity contribution in [2.45, 2.75) is 83.6 Å². The molecule has 3 N–H and O–H groups in total. The van der Waals surface area contributed by atoms with Crippen molar-refractivity contribution in [3.8, 4) is 0 Å². The van der Waals surface area contributed by atoms with Crippen molar-refractivity contribution in [1.82, 2.24) is 19.5 Å². The fourth-order valence-corrected chi connectivity index (χ4v) is 4.52. The molecule has 0 radical (unpaired) electrons. The zero-order chi connectivity index (χ0) is 25.1. The Morgan fingerprint density at radius 2 is 1.77 bits per heavy atom. The molecule has 0 amide bonds. The lowest BCUT2D eigenvalue weighted by atomic mass is 10.1. The Morgan fingerprint density at radius 1 is 1.09 bits per heavy atom. The van der Waals surface area contributed by atoms with Crippen LogP contribution in [-0.2, 0) is 39.9 Å². The Kier molecular flexibility index (Phi) is 7.45. The van der Waals surface area contributed by atoms with E-state index in [2.05, 4.69) is 20.3 Å². The molecule has 2 fully saturated rings. The smallest absolute Gasteiger partial charge is 0.303 e. The van der Waals surface area contributed by atoms with Crippen molar-refractivity contribution in [3.05, 3.63) is 12.2 Å². The second kappa shape index (κ2) is 10.5. The highest BCUT2D eigenvalue weighted by Gasteiger charge is 2.51. The van der Waals surface area contributed by atoms with E-state index < -0.39 is 42.4 Å². The molecule has 0 spiro atoms. The van der Waals surface area contributed by atoms with E-state index in [9.17, 15) is 14.4 Å². The molecule has 4 unspecified atom stereocenters. The quantitative estimate of drug-likeness (QED) is 0.397. The van der Waals surface area contributed by atoms with Crippen LogP contribution in [0, 0.1) is 0 Å². The second-order valence-corrected chi connectivity index (χ2v) is 8.66. The average molecular weight is 491 g/mol. The van der Waals surface area contributed by atoms with Crippen LogP contribution in [0.1, 0.15) is 58.5 Å². The molecule has 0 aromatic carbocycles. The summed E-state index contributed by atoms with van der Waals surface area (Å²) in [4.78, 5) is 48.8. The van der Waals surface area contributed by atoms with Crippen LogP contribution < -0.4 is 11.1 Å². The molecule has 3 heterocycles. The summed E-state index contributed by atoms with van der Waals surface area (Å²) in [5, 5.41) is 3.45. The number of hydrogen-bond donors (Lipinski definition) is 2. The Hall–Kier alpha value is -3.32. The van der Waals surface area contributed by atoms with Crippen LogP contribution in [0.4, 0.5) is 5.82 Å². The standard InChI is InChI=1S/C22H30N6O7/c1-11(29)32-9-15-18(33-12(2)30)19(34-13(3)31)22(35-15)28-10-24-17-20(25-14-6-4-5-7-14)26-16(8-23)27-21(17)28/h10,14-15,18-19,22H,4-9,23H2,1-3H3,(H,25,26,27). The molecule has 0 bridgehead atoms. The van der Waals surface area contributed by atoms with Crippen molar-refractivity contribution < 1.29 is 33.3 Å². The number of hydrogen-bond acceptors (Lipinski definition) is 12. The maximum absolute atomic E-state index is 11.9. The molecule has 190 valence electrons. The van der Waals surface area contributed by atoms with Gasteiger partial charge in [-0.15, -0.1) is 0 Å². The third kappa shape index (κ3) is 5.51. The Labute approximate surface area is 201 Å². The third-order valence-electron chi connectivity index (χ3n) is 5.96. The second-order valence-electron chi connectivity index (χ2n) is 8.66. The van der Waals surface area contributed by atoms with Gasteiger partial charge in [-0.25, -0.2) is 15.0 Å². The minimum atomic E-state index is -1.04. The van der Waals surface area contributed by atoms with E-state index in [0.29, 0.717) is 22.8 Å². The van der Waals surface area contributed by atoms with Crippen molar-refractivity contribution in [3.63, 3.8) is 0 Å². The van der Waals surface area contributed by atoms with Gasteiger partial charge in [0.25, 0.3) is 0 Å². The normalized spacial score (nSPS) is 24.5. The monoisotopic (exact) mass is 490 g/mol. The van der Waals surface area contributed by atoms with E-state index in [-0.39, 0.29) is 19.2 Å². The van der Waals surface area contributed by atoms with Crippen LogP contribution in [0.25, 0.3) is 11.2 Å². The number of carbonyl (C=O) groups excluding carboxylic acids is 3. The molecule has 35 heavy (non-hydrogen) atoms. The van der Waals surface area contributed by atoms with Gasteiger partial charge in [0.1, 0.15) is 18.5 Å². The zero-order valence-corrected chi connectivity index (χ0v) is 19.9.